The zero-order valence-electron chi connectivity index (χ0n) is 12.0. The second-order valence-electron chi connectivity index (χ2n) is 5.41. The number of carbonyl (C=O) groups is 1. The maximum absolute atomic E-state index is 12.1. The standard InChI is InChI=1S/C15H23N3O/c1-11-5-4-6-12(2)15(11)17-14(19)10-18-8-7-16-13(3)9-18/h4-6,13,16H,7-10H2,1-3H3,(H,17,19). The van der Waals surface area contributed by atoms with Gasteiger partial charge in [0, 0.05) is 31.4 Å². The summed E-state index contributed by atoms with van der Waals surface area (Å²) in [5.74, 6) is 0.0755. The van der Waals surface area contributed by atoms with Gasteiger partial charge in [-0.05, 0) is 31.9 Å². The second kappa shape index (κ2) is 6.17. The van der Waals surface area contributed by atoms with Crippen LogP contribution in [0.3, 0.4) is 0 Å². The molecule has 1 aromatic carbocycles. The molecule has 4 heteroatoms. The first kappa shape index (κ1) is 14.0. The minimum atomic E-state index is 0.0755. The fourth-order valence-electron chi connectivity index (χ4n) is 2.55. The minimum absolute atomic E-state index is 0.0755. The summed E-state index contributed by atoms with van der Waals surface area (Å²) in [6.07, 6.45) is 0. The first-order valence-corrected chi connectivity index (χ1v) is 6.88. The van der Waals surface area contributed by atoms with Gasteiger partial charge in [-0.3, -0.25) is 9.69 Å². The Hall–Kier alpha value is -1.39. The smallest absolute Gasteiger partial charge is 0.238 e. The number of hydrogen-bond acceptors (Lipinski definition) is 3. The highest BCUT2D eigenvalue weighted by molar-refractivity contribution is 5.93. The minimum Gasteiger partial charge on any atom is -0.324 e. The van der Waals surface area contributed by atoms with E-state index in [1.54, 1.807) is 0 Å². The maximum atomic E-state index is 12.1. The zero-order valence-corrected chi connectivity index (χ0v) is 12.0. The lowest BCUT2D eigenvalue weighted by atomic mass is 10.1. The van der Waals surface area contributed by atoms with Gasteiger partial charge in [0.15, 0.2) is 0 Å². The molecule has 1 fully saturated rings. The van der Waals surface area contributed by atoms with Crippen molar-refractivity contribution in [1.82, 2.24) is 10.2 Å². The number of anilines is 1. The van der Waals surface area contributed by atoms with Crippen LogP contribution in [0.4, 0.5) is 5.69 Å². The molecule has 1 aromatic rings. The average molecular weight is 261 g/mol. The van der Waals surface area contributed by atoms with E-state index in [1.807, 2.05) is 32.0 Å². The van der Waals surface area contributed by atoms with Crippen molar-refractivity contribution in [3.8, 4) is 0 Å². The van der Waals surface area contributed by atoms with E-state index in [9.17, 15) is 4.79 Å². The molecule has 1 aliphatic heterocycles. The number of benzene rings is 1. The number of carbonyl (C=O) groups excluding carboxylic acids is 1. The molecule has 0 aliphatic carbocycles. The van der Waals surface area contributed by atoms with Crippen molar-refractivity contribution in [2.45, 2.75) is 26.8 Å². The summed E-state index contributed by atoms with van der Waals surface area (Å²) in [5.41, 5.74) is 3.18. The van der Waals surface area contributed by atoms with Crippen LogP contribution < -0.4 is 10.6 Å². The molecule has 2 N–H and O–H groups in total. The third-order valence-electron chi connectivity index (χ3n) is 3.57. The Bertz CT molecular complexity index is 438. The molecular weight excluding hydrogens is 238 g/mol. The van der Waals surface area contributed by atoms with Gasteiger partial charge in [-0.25, -0.2) is 0 Å². The van der Waals surface area contributed by atoms with Gasteiger partial charge in [-0.2, -0.15) is 0 Å². The zero-order chi connectivity index (χ0) is 13.8. The topological polar surface area (TPSA) is 44.4 Å². The number of para-hydroxylation sites is 1. The van der Waals surface area contributed by atoms with Crippen LogP contribution >= 0.6 is 0 Å². The van der Waals surface area contributed by atoms with Crippen molar-refractivity contribution >= 4 is 11.6 Å². The number of hydrogen-bond donors (Lipinski definition) is 2. The van der Waals surface area contributed by atoms with Crippen LogP contribution in [0.5, 0.6) is 0 Å². The van der Waals surface area contributed by atoms with Crippen LogP contribution in [-0.4, -0.2) is 43.0 Å². The predicted molar refractivity (Wildman–Crippen MR) is 78.5 cm³/mol. The Balaban J connectivity index is 1.94. The van der Waals surface area contributed by atoms with Gasteiger partial charge in [0.25, 0.3) is 0 Å². The lowest BCUT2D eigenvalue weighted by Gasteiger charge is -2.31. The molecule has 1 atom stereocenters. The summed E-state index contributed by atoms with van der Waals surface area (Å²) in [6.45, 7) is 9.49. The Kier molecular flexibility index (Phi) is 4.56. The third-order valence-corrected chi connectivity index (χ3v) is 3.57. The van der Waals surface area contributed by atoms with Gasteiger partial charge < -0.3 is 10.6 Å². The molecular formula is C15H23N3O. The number of piperazine rings is 1. The van der Waals surface area contributed by atoms with Gasteiger partial charge in [-0.15, -0.1) is 0 Å². The molecule has 0 spiro atoms. The number of amides is 1. The molecule has 2 rings (SSSR count). The van der Waals surface area contributed by atoms with E-state index in [1.165, 1.54) is 0 Å². The lowest BCUT2D eigenvalue weighted by Crippen LogP contribution is -2.51. The summed E-state index contributed by atoms with van der Waals surface area (Å²) >= 11 is 0. The highest BCUT2D eigenvalue weighted by atomic mass is 16.2. The van der Waals surface area contributed by atoms with E-state index < -0.39 is 0 Å². The van der Waals surface area contributed by atoms with Gasteiger partial charge in [0.05, 0.1) is 6.54 Å². The number of nitrogens with zero attached hydrogens (tertiary/aromatic N) is 1. The fourth-order valence-corrected chi connectivity index (χ4v) is 2.55. The summed E-state index contributed by atoms with van der Waals surface area (Å²) < 4.78 is 0. The summed E-state index contributed by atoms with van der Waals surface area (Å²) in [5, 5.41) is 6.42. The largest absolute Gasteiger partial charge is 0.324 e. The Morgan fingerprint density at radius 2 is 2.11 bits per heavy atom. The lowest BCUT2D eigenvalue weighted by molar-refractivity contribution is -0.117. The molecule has 1 heterocycles. The van der Waals surface area contributed by atoms with E-state index in [0.717, 1.165) is 36.4 Å². The molecule has 0 saturated carbocycles. The molecule has 1 saturated heterocycles. The normalized spacial score (nSPS) is 20.3. The van der Waals surface area contributed by atoms with Crippen LogP contribution in [0.25, 0.3) is 0 Å². The predicted octanol–water partition coefficient (Wildman–Crippen LogP) is 1.54. The average Bonchev–Trinajstić information content (AvgIpc) is 2.34. The molecule has 1 amide bonds. The van der Waals surface area contributed by atoms with E-state index in [0.29, 0.717) is 12.6 Å². The molecule has 0 aromatic heterocycles. The van der Waals surface area contributed by atoms with E-state index in [4.69, 9.17) is 0 Å². The first-order valence-electron chi connectivity index (χ1n) is 6.88. The molecule has 0 bridgehead atoms. The maximum Gasteiger partial charge on any atom is 0.238 e. The molecule has 1 aliphatic rings. The number of rotatable bonds is 3. The van der Waals surface area contributed by atoms with Crippen molar-refractivity contribution in [1.29, 1.82) is 0 Å². The summed E-state index contributed by atoms with van der Waals surface area (Å²) in [6, 6.07) is 6.52. The second-order valence-corrected chi connectivity index (χ2v) is 5.41. The number of aryl methyl sites for hydroxylation is 2. The Morgan fingerprint density at radius 3 is 2.74 bits per heavy atom. The highest BCUT2D eigenvalue weighted by Crippen LogP contribution is 2.19. The molecule has 19 heavy (non-hydrogen) atoms. The van der Waals surface area contributed by atoms with E-state index in [2.05, 4.69) is 22.5 Å². The van der Waals surface area contributed by atoms with E-state index >= 15 is 0 Å². The third kappa shape index (κ3) is 3.78. The molecule has 1 unspecified atom stereocenters. The Morgan fingerprint density at radius 1 is 1.42 bits per heavy atom. The first-order chi connectivity index (χ1) is 9.06. The molecule has 4 nitrogen and oxygen atoms in total. The fraction of sp³-hybridized carbons (Fsp3) is 0.533. The van der Waals surface area contributed by atoms with Crippen molar-refractivity contribution in [3.05, 3.63) is 29.3 Å². The Labute approximate surface area is 115 Å². The quantitative estimate of drug-likeness (QED) is 0.867. The van der Waals surface area contributed by atoms with Gasteiger partial charge in [0.2, 0.25) is 5.91 Å². The van der Waals surface area contributed by atoms with Crippen LogP contribution in [0, 0.1) is 13.8 Å². The van der Waals surface area contributed by atoms with Crippen LogP contribution in [0.1, 0.15) is 18.1 Å². The van der Waals surface area contributed by atoms with Crippen molar-refractivity contribution in [3.63, 3.8) is 0 Å². The van der Waals surface area contributed by atoms with E-state index in [-0.39, 0.29) is 5.91 Å². The van der Waals surface area contributed by atoms with Gasteiger partial charge in [0.1, 0.15) is 0 Å². The molecule has 0 radical (unpaired) electrons. The van der Waals surface area contributed by atoms with Crippen molar-refractivity contribution in [2.75, 3.05) is 31.5 Å². The van der Waals surface area contributed by atoms with Gasteiger partial charge in [-0.1, -0.05) is 18.2 Å². The van der Waals surface area contributed by atoms with Crippen molar-refractivity contribution in [2.24, 2.45) is 0 Å². The highest BCUT2D eigenvalue weighted by Gasteiger charge is 2.18. The number of nitrogens with one attached hydrogen (secondary N) is 2. The van der Waals surface area contributed by atoms with Crippen LogP contribution in [-0.2, 0) is 4.79 Å². The summed E-state index contributed by atoms with van der Waals surface area (Å²) in [4.78, 5) is 14.3. The van der Waals surface area contributed by atoms with Gasteiger partial charge >= 0.3 is 0 Å². The monoisotopic (exact) mass is 261 g/mol. The SMILES string of the molecule is Cc1cccc(C)c1NC(=O)CN1CCNC(C)C1. The van der Waals surface area contributed by atoms with Crippen molar-refractivity contribution < 1.29 is 4.79 Å². The summed E-state index contributed by atoms with van der Waals surface area (Å²) in [7, 11) is 0. The molecule has 104 valence electrons. The van der Waals surface area contributed by atoms with Crippen LogP contribution in [0.15, 0.2) is 18.2 Å². The van der Waals surface area contributed by atoms with Crippen LogP contribution in [0.2, 0.25) is 0 Å².